The summed E-state index contributed by atoms with van der Waals surface area (Å²) in [5, 5.41) is 10.0. The van der Waals surface area contributed by atoms with Crippen molar-refractivity contribution < 1.29 is 9.53 Å². The summed E-state index contributed by atoms with van der Waals surface area (Å²) in [6.45, 7) is 5.18. The molecule has 0 spiro atoms. The Hall–Kier alpha value is -2.34. The number of likely N-dealkylation sites (tertiary alicyclic amines) is 1. The quantitative estimate of drug-likeness (QED) is 0.854. The summed E-state index contributed by atoms with van der Waals surface area (Å²) in [4.78, 5) is 15.0. The second-order valence-electron chi connectivity index (χ2n) is 6.27. The van der Waals surface area contributed by atoms with Crippen molar-refractivity contribution in [3.63, 3.8) is 0 Å². The monoisotopic (exact) mass is 328 g/mol. The molecule has 0 bridgehead atoms. The first-order valence-corrected chi connectivity index (χ1v) is 8.38. The summed E-state index contributed by atoms with van der Waals surface area (Å²) in [7, 11) is 1.62. The lowest BCUT2D eigenvalue weighted by Gasteiger charge is -2.21. The van der Waals surface area contributed by atoms with Crippen LogP contribution in [-0.2, 0) is 0 Å². The van der Waals surface area contributed by atoms with Gasteiger partial charge >= 0.3 is 0 Å². The van der Waals surface area contributed by atoms with Crippen molar-refractivity contribution in [1.82, 2.24) is 20.4 Å². The van der Waals surface area contributed by atoms with Crippen LogP contribution in [0.2, 0.25) is 0 Å². The van der Waals surface area contributed by atoms with E-state index >= 15 is 0 Å². The van der Waals surface area contributed by atoms with Crippen molar-refractivity contribution in [2.75, 3.05) is 26.7 Å². The first-order valence-electron chi connectivity index (χ1n) is 8.38. The van der Waals surface area contributed by atoms with Gasteiger partial charge in [0.05, 0.1) is 24.6 Å². The van der Waals surface area contributed by atoms with Crippen molar-refractivity contribution in [3.05, 3.63) is 36.0 Å². The number of H-pyrrole nitrogens is 1. The lowest BCUT2D eigenvalue weighted by Crippen LogP contribution is -2.41. The highest BCUT2D eigenvalue weighted by molar-refractivity contribution is 5.99. The normalized spacial score (nSPS) is 16.1. The molecule has 1 aliphatic heterocycles. The van der Waals surface area contributed by atoms with Crippen LogP contribution < -0.4 is 10.1 Å². The maximum atomic E-state index is 12.6. The molecule has 1 aliphatic rings. The zero-order valence-electron chi connectivity index (χ0n) is 14.2. The van der Waals surface area contributed by atoms with Crippen LogP contribution in [-0.4, -0.2) is 53.8 Å². The van der Waals surface area contributed by atoms with E-state index in [0.717, 1.165) is 30.9 Å². The third kappa shape index (κ3) is 3.76. The van der Waals surface area contributed by atoms with Gasteiger partial charge in [0.25, 0.3) is 5.91 Å². The van der Waals surface area contributed by atoms with Gasteiger partial charge in [-0.3, -0.25) is 9.89 Å². The molecule has 2 N–H and O–H groups in total. The highest BCUT2D eigenvalue weighted by Gasteiger charge is 2.20. The number of hydrogen-bond acceptors (Lipinski definition) is 4. The highest BCUT2D eigenvalue weighted by Crippen LogP contribution is 2.25. The fraction of sp³-hybridized carbons (Fsp3) is 0.444. The van der Waals surface area contributed by atoms with Crippen LogP contribution >= 0.6 is 0 Å². The Balaban J connectivity index is 1.70. The number of ether oxygens (including phenoxy) is 1. The Morgan fingerprint density at radius 3 is 2.96 bits per heavy atom. The van der Waals surface area contributed by atoms with Crippen LogP contribution in [0.4, 0.5) is 0 Å². The first-order chi connectivity index (χ1) is 11.7. The average molecular weight is 328 g/mol. The maximum absolute atomic E-state index is 12.6. The van der Waals surface area contributed by atoms with Gasteiger partial charge in [0.15, 0.2) is 0 Å². The molecular weight excluding hydrogens is 304 g/mol. The van der Waals surface area contributed by atoms with E-state index in [1.54, 1.807) is 13.3 Å². The summed E-state index contributed by atoms with van der Waals surface area (Å²) in [5.41, 5.74) is 2.14. The largest absolute Gasteiger partial charge is 0.497 e. The van der Waals surface area contributed by atoms with Gasteiger partial charge in [-0.25, -0.2) is 0 Å². The molecule has 0 saturated carbocycles. The topological polar surface area (TPSA) is 70.2 Å². The van der Waals surface area contributed by atoms with E-state index in [1.165, 1.54) is 12.8 Å². The number of amides is 1. The first kappa shape index (κ1) is 16.5. The minimum Gasteiger partial charge on any atom is -0.497 e. The molecule has 1 atom stereocenters. The number of nitrogens with zero attached hydrogens (tertiary/aromatic N) is 2. The van der Waals surface area contributed by atoms with Crippen LogP contribution in [0.1, 0.15) is 30.1 Å². The van der Waals surface area contributed by atoms with Gasteiger partial charge < -0.3 is 15.0 Å². The Morgan fingerprint density at radius 1 is 1.42 bits per heavy atom. The molecule has 24 heavy (non-hydrogen) atoms. The van der Waals surface area contributed by atoms with Crippen LogP contribution in [0.5, 0.6) is 5.75 Å². The van der Waals surface area contributed by atoms with Crippen molar-refractivity contribution in [2.24, 2.45) is 0 Å². The van der Waals surface area contributed by atoms with E-state index in [9.17, 15) is 4.79 Å². The molecule has 2 aromatic rings. The molecule has 6 nitrogen and oxygen atoms in total. The molecular formula is C18H24N4O2. The number of methoxy groups -OCH3 is 1. The van der Waals surface area contributed by atoms with Gasteiger partial charge in [-0.2, -0.15) is 5.10 Å². The number of hydrogen-bond donors (Lipinski definition) is 2. The van der Waals surface area contributed by atoms with Crippen molar-refractivity contribution >= 4 is 5.91 Å². The highest BCUT2D eigenvalue weighted by atomic mass is 16.5. The second-order valence-corrected chi connectivity index (χ2v) is 6.27. The number of rotatable bonds is 6. The molecule has 0 radical (unpaired) electrons. The van der Waals surface area contributed by atoms with Gasteiger partial charge in [0.2, 0.25) is 0 Å². The van der Waals surface area contributed by atoms with Crippen LogP contribution in [0.15, 0.2) is 30.5 Å². The lowest BCUT2D eigenvalue weighted by atomic mass is 10.1. The standard InChI is InChI=1S/C18H24N4O2/c1-13(12-22-8-3-4-9-22)20-18(23)16-11-19-21-17(16)14-6-5-7-15(10-14)24-2/h5-7,10-11,13H,3-4,8-9,12H2,1-2H3,(H,19,21)(H,20,23)/t13-/m1/s1. The van der Waals surface area contributed by atoms with Gasteiger partial charge in [0, 0.05) is 18.2 Å². The molecule has 0 unspecified atom stereocenters. The van der Waals surface area contributed by atoms with Crippen molar-refractivity contribution in [1.29, 1.82) is 0 Å². The average Bonchev–Trinajstić information content (AvgIpc) is 3.26. The number of benzene rings is 1. The Bertz CT molecular complexity index is 692. The SMILES string of the molecule is COc1cccc(-c2[nH]ncc2C(=O)N[C@H](C)CN2CCCC2)c1. The molecule has 1 amide bonds. The summed E-state index contributed by atoms with van der Waals surface area (Å²) in [5.74, 6) is 0.643. The minimum absolute atomic E-state index is 0.101. The van der Waals surface area contributed by atoms with Crippen LogP contribution in [0.3, 0.4) is 0 Å². The summed E-state index contributed by atoms with van der Waals surface area (Å²) < 4.78 is 5.25. The van der Waals surface area contributed by atoms with E-state index < -0.39 is 0 Å². The van der Waals surface area contributed by atoms with E-state index in [-0.39, 0.29) is 11.9 Å². The molecule has 1 saturated heterocycles. The predicted molar refractivity (Wildman–Crippen MR) is 93.2 cm³/mol. The lowest BCUT2D eigenvalue weighted by molar-refractivity contribution is 0.0932. The fourth-order valence-corrected chi connectivity index (χ4v) is 3.16. The van der Waals surface area contributed by atoms with E-state index in [1.807, 2.05) is 31.2 Å². The number of nitrogens with one attached hydrogen (secondary N) is 2. The third-order valence-corrected chi connectivity index (χ3v) is 4.35. The van der Waals surface area contributed by atoms with Gasteiger partial charge in [-0.15, -0.1) is 0 Å². The molecule has 128 valence electrons. The Labute approximate surface area is 142 Å². The number of aromatic nitrogens is 2. The van der Waals surface area contributed by atoms with Gasteiger partial charge in [-0.1, -0.05) is 12.1 Å². The number of carbonyl (C=O) groups is 1. The Morgan fingerprint density at radius 2 is 2.21 bits per heavy atom. The zero-order valence-corrected chi connectivity index (χ0v) is 14.2. The Kier molecular flexibility index (Phi) is 5.15. The molecule has 2 heterocycles. The maximum Gasteiger partial charge on any atom is 0.255 e. The van der Waals surface area contributed by atoms with E-state index in [4.69, 9.17) is 4.74 Å². The smallest absolute Gasteiger partial charge is 0.255 e. The van der Waals surface area contributed by atoms with Gasteiger partial charge in [-0.05, 0) is 45.0 Å². The zero-order chi connectivity index (χ0) is 16.9. The van der Waals surface area contributed by atoms with E-state index in [0.29, 0.717) is 11.3 Å². The molecule has 0 aliphatic carbocycles. The summed E-state index contributed by atoms with van der Waals surface area (Å²) >= 11 is 0. The minimum atomic E-state index is -0.103. The summed E-state index contributed by atoms with van der Waals surface area (Å²) in [6, 6.07) is 7.69. The molecule has 1 fully saturated rings. The predicted octanol–water partition coefficient (Wildman–Crippen LogP) is 2.30. The third-order valence-electron chi connectivity index (χ3n) is 4.35. The molecule has 3 rings (SSSR count). The fourth-order valence-electron chi connectivity index (χ4n) is 3.16. The number of aromatic amines is 1. The molecule has 1 aromatic carbocycles. The van der Waals surface area contributed by atoms with Gasteiger partial charge in [0.1, 0.15) is 5.75 Å². The van der Waals surface area contributed by atoms with Crippen LogP contribution in [0.25, 0.3) is 11.3 Å². The molecule has 6 heteroatoms. The second kappa shape index (κ2) is 7.49. The van der Waals surface area contributed by atoms with Crippen LogP contribution in [0, 0.1) is 0 Å². The number of carbonyl (C=O) groups excluding carboxylic acids is 1. The van der Waals surface area contributed by atoms with Crippen molar-refractivity contribution in [2.45, 2.75) is 25.8 Å². The molecule has 1 aromatic heterocycles. The van der Waals surface area contributed by atoms with Crippen molar-refractivity contribution in [3.8, 4) is 17.0 Å². The summed E-state index contributed by atoms with van der Waals surface area (Å²) in [6.07, 6.45) is 4.08. The van der Waals surface area contributed by atoms with E-state index in [2.05, 4.69) is 20.4 Å².